The minimum Gasteiger partial charge on any atom is -0.493 e. The van der Waals surface area contributed by atoms with E-state index in [1.165, 1.54) is 26.3 Å². The van der Waals surface area contributed by atoms with Crippen LogP contribution in [0.5, 0.6) is 11.5 Å². The van der Waals surface area contributed by atoms with E-state index in [-0.39, 0.29) is 36.0 Å². The van der Waals surface area contributed by atoms with E-state index in [9.17, 15) is 24.3 Å². The number of ether oxygens (including phenoxy) is 5. The summed E-state index contributed by atoms with van der Waals surface area (Å²) in [5.41, 5.74) is 0.522. The van der Waals surface area contributed by atoms with E-state index < -0.39 is 66.8 Å². The Morgan fingerprint density at radius 3 is 2.42 bits per heavy atom. The van der Waals surface area contributed by atoms with Crippen molar-refractivity contribution in [3.05, 3.63) is 53.9 Å². The number of aromatic nitrogens is 1. The Bertz CT molecular complexity index is 1270. The molecule has 1 amide bonds. The van der Waals surface area contributed by atoms with Gasteiger partial charge in [0.25, 0.3) is 5.91 Å². The van der Waals surface area contributed by atoms with Crippen LogP contribution in [0.2, 0.25) is 0 Å². The fourth-order valence-electron chi connectivity index (χ4n) is 4.43. The molecule has 1 aliphatic heterocycles. The minimum atomic E-state index is -1.43. The molecule has 1 saturated heterocycles. The highest BCUT2D eigenvalue weighted by atomic mass is 16.6. The number of hydrogen-bond acceptors (Lipinski definition) is 11. The van der Waals surface area contributed by atoms with Gasteiger partial charge in [-0.3, -0.25) is 14.4 Å². The summed E-state index contributed by atoms with van der Waals surface area (Å²) in [7, 11) is 1.36. The van der Waals surface area contributed by atoms with Crippen molar-refractivity contribution in [1.29, 1.82) is 0 Å². The standard InChI is InChI=1S/C31H40N2O10/c1-17(2)14-24(34)42-27-23(39-6)12-13-32-25(27)28(35)33-22-16-40-30(37)21(15-20-10-8-7-9-11-20)26(19(5)41-31(22)38)43-29(36)18(3)4/h7-13,17-19,21-22,24,26,34H,14-16H2,1-6H3,(H,33,35)/t19-,21+,22-,24?,26-/m0/s1. The first-order chi connectivity index (χ1) is 20.4. The Morgan fingerprint density at radius 1 is 1.09 bits per heavy atom. The third-order valence-electron chi connectivity index (χ3n) is 6.70. The van der Waals surface area contributed by atoms with Gasteiger partial charge in [0.15, 0.2) is 35.6 Å². The molecule has 2 heterocycles. The second-order valence-electron chi connectivity index (χ2n) is 11.0. The van der Waals surface area contributed by atoms with Crippen LogP contribution in [0.25, 0.3) is 0 Å². The Morgan fingerprint density at radius 2 is 1.79 bits per heavy atom. The predicted molar refractivity (Wildman–Crippen MR) is 153 cm³/mol. The SMILES string of the molecule is COc1ccnc(C(=O)N[C@H]2COC(=O)[C@H](Cc3ccccc3)[C@@H](OC(=O)C(C)C)[C@H](C)OC2=O)c1OC(O)CC(C)C. The van der Waals surface area contributed by atoms with Gasteiger partial charge < -0.3 is 34.1 Å². The van der Waals surface area contributed by atoms with Crippen LogP contribution >= 0.6 is 0 Å². The van der Waals surface area contributed by atoms with Gasteiger partial charge in [-0.1, -0.05) is 58.0 Å². The van der Waals surface area contributed by atoms with Gasteiger partial charge >= 0.3 is 17.9 Å². The number of rotatable bonds is 11. The first-order valence-corrected chi connectivity index (χ1v) is 14.2. The Hall–Kier alpha value is -4.19. The average Bonchev–Trinajstić information content (AvgIpc) is 2.99. The highest BCUT2D eigenvalue weighted by Gasteiger charge is 2.42. The Labute approximate surface area is 251 Å². The number of hydrogen-bond donors (Lipinski definition) is 2. The fraction of sp³-hybridized carbons (Fsp3) is 0.516. The molecule has 2 aromatic rings. The molecule has 12 heteroatoms. The number of nitrogens with zero attached hydrogens (tertiary/aromatic N) is 1. The van der Waals surface area contributed by atoms with Gasteiger partial charge in [0.05, 0.1) is 13.0 Å². The predicted octanol–water partition coefficient (Wildman–Crippen LogP) is 2.85. The average molecular weight is 601 g/mol. The van der Waals surface area contributed by atoms with Crippen molar-refractivity contribution in [3.8, 4) is 11.5 Å². The van der Waals surface area contributed by atoms with Crippen LogP contribution in [0.1, 0.15) is 57.1 Å². The van der Waals surface area contributed by atoms with Gasteiger partial charge in [0.1, 0.15) is 18.6 Å². The van der Waals surface area contributed by atoms with Gasteiger partial charge in [-0.15, -0.1) is 0 Å². The molecular weight excluding hydrogens is 560 g/mol. The van der Waals surface area contributed by atoms with Crippen LogP contribution in [-0.2, 0) is 35.0 Å². The molecule has 1 fully saturated rings. The molecule has 0 aliphatic carbocycles. The number of amides is 1. The number of cyclic esters (lactones) is 2. The minimum absolute atomic E-state index is 0.0922. The molecule has 1 aromatic heterocycles. The largest absolute Gasteiger partial charge is 0.493 e. The van der Waals surface area contributed by atoms with Crippen LogP contribution in [-0.4, -0.2) is 72.2 Å². The normalized spacial score (nSPS) is 21.5. The third-order valence-corrected chi connectivity index (χ3v) is 6.70. The van der Waals surface area contributed by atoms with Crippen molar-refractivity contribution in [2.45, 2.75) is 72.0 Å². The van der Waals surface area contributed by atoms with Crippen LogP contribution < -0.4 is 14.8 Å². The van der Waals surface area contributed by atoms with Crippen molar-refractivity contribution in [1.82, 2.24) is 10.3 Å². The first kappa shape index (κ1) is 33.3. The van der Waals surface area contributed by atoms with Gasteiger partial charge in [0.2, 0.25) is 0 Å². The van der Waals surface area contributed by atoms with Crippen molar-refractivity contribution >= 4 is 23.8 Å². The molecule has 2 N–H and O–H groups in total. The quantitative estimate of drug-likeness (QED) is 0.222. The second kappa shape index (κ2) is 15.3. The molecule has 5 atom stereocenters. The second-order valence-corrected chi connectivity index (χ2v) is 11.0. The summed E-state index contributed by atoms with van der Waals surface area (Å²) >= 11 is 0. The molecule has 0 spiro atoms. The molecule has 0 saturated carbocycles. The first-order valence-electron chi connectivity index (χ1n) is 14.2. The molecule has 12 nitrogen and oxygen atoms in total. The van der Waals surface area contributed by atoms with Crippen molar-refractivity contribution in [2.75, 3.05) is 13.7 Å². The highest BCUT2D eigenvalue weighted by molar-refractivity contribution is 5.98. The van der Waals surface area contributed by atoms with Crippen molar-refractivity contribution in [2.24, 2.45) is 17.8 Å². The van der Waals surface area contributed by atoms with Gasteiger partial charge in [-0.2, -0.15) is 0 Å². The zero-order chi connectivity index (χ0) is 31.7. The number of esters is 3. The monoisotopic (exact) mass is 600 g/mol. The van der Waals surface area contributed by atoms with E-state index in [2.05, 4.69) is 10.3 Å². The van der Waals surface area contributed by atoms with E-state index in [1.54, 1.807) is 13.8 Å². The Kier molecular flexibility index (Phi) is 11.9. The summed E-state index contributed by atoms with van der Waals surface area (Å²) in [5, 5.41) is 12.9. The van der Waals surface area contributed by atoms with E-state index in [1.807, 2.05) is 44.2 Å². The summed E-state index contributed by atoms with van der Waals surface area (Å²) in [6.07, 6.45) is -1.73. The highest BCUT2D eigenvalue weighted by Crippen LogP contribution is 2.31. The molecule has 0 bridgehead atoms. The summed E-state index contributed by atoms with van der Waals surface area (Å²) in [6.45, 7) is 8.04. The smallest absolute Gasteiger partial charge is 0.332 e. The summed E-state index contributed by atoms with van der Waals surface area (Å²) < 4.78 is 27.7. The maximum atomic E-state index is 13.4. The number of carbonyl (C=O) groups excluding carboxylic acids is 4. The maximum absolute atomic E-state index is 13.4. The van der Waals surface area contributed by atoms with Gasteiger partial charge in [-0.25, -0.2) is 9.78 Å². The maximum Gasteiger partial charge on any atom is 0.332 e. The van der Waals surface area contributed by atoms with Gasteiger partial charge in [-0.05, 0) is 24.8 Å². The van der Waals surface area contributed by atoms with E-state index in [4.69, 9.17) is 23.7 Å². The third kappa shape index (κ3) is 9.15. The van der Waals surface area contributed by atoms with Crippen LogP contribution in [0, 0.1) is 17.8 Å². The lowest BCUT2D eigenvalue weighted by atomic mass is 9.91. The molecule has 1 aromatic carbocycles. The van der Waals surface area contributed by atoms with E-state index >= 15 is 0 Å². The number of aliphatic hydroxyl groups excluding tert-OH is 1. The molecule has 1 unspecified atom stereocenters. The zero-order valence-electron chi connectivity index (χ0n) is 25.3. The number of benzene rings is 1. The molecule has 0 radical (unpaired) electrons. The van der Waals surface area contributed by atoms with Crippen LogP contribution in [0.4, 0.5) is 0 Å². The number of carbonyl (C=O) groups is 4. The molecule has 3 rings (SSSR count). The van der Waals surface area contributed by atoms with Crippen molar-refractivity contribution in [3.63, 3.8) is 0 Å². The molecule has 234 valence electrons. The molecule has 1 aliphatic rings. The fourth-order valence-corrected chi connectivity index (χ4v) is 4.43. The summed E-state index contributed by atoms with van der Waals surface area (Å²) in [5.74, 6) is -4.46. The zero-order valence-corrected chi connectivity index (χ0v) is 25.3. The van der Waals surface area contributed by atoms with E-state index in [0.29, 0.717) is 0 Å². The van der Waals surface area contributed by atoms with E-state index in [0.717, 1.165) is 5.56 Å². The lowest BCUT2D eigenvalue weighted by Gasteiger charge is -2.29. The number of methoxy groups -OCH3 is 1. The number of aliphatic hydroxyl groups is 1. The lowest BCUT2D eigenvalue weighted by molar-refractivity contribution is -0.176. The molecule has 43 heavy (non-hydrogen) atoms. The molecular formula is C31H40N2O10. The summed E-state index contributed by atoms with van der Waals surface area (Å²) in [4.78, 5) is 56.7. The summed E-state index contributed by atoms with van der Waals surface area (Å²) in [6, 6.07) is 9.12. The van der Waals surface area contributed by atoms with Gasteiger partial charge in [0, 0.05) is 18.7 Å². The Balaban J connectivity index is 1.88. The van der Waals surface area contributed by atoms with Crippen LogP contribution in [0.3, 0.4) is 0 Å². The van der Waals surface area contributed by atoms with Crippen molar-refractivity contribution < 1.29 is 48.0 Å². The lowest BCUT2D eigenvalue weighted by Crippen LogP contribution is -2.47. The number of pyridine rings is 1. The number of nitrogens with one attached hydrogen (secondary N) is 1. The topological polar surface area (TPSA) is 160 Å². The van der Waals surface area contributed by atoms with Crippen LogP contribution in [0.15, 0.2) is 42.6 Å².